The molecule has 3 rings (SSSR count). The molecule has 5 heteroatoms. The van der Waals surface area contributed by atoms with E-state index in [1.165, 1.54) is 16.7 Å². The van der Waals surface area contributed by atoms with E-state index in [1.54, 1.807) is 6.33 Å². The summed E-state index contributed by atoms with van der Waals surface area (Å²) in [6.45, 7) is 2.51. The van der Waals surface area contributed by atoms with Gasteiger partial charge in [0.05, 0.1) is 6.33 Å². The van der Waals surface area contributed by atoms with Crippen LogP contribution in [0.25, 0.3) is 0 Å². The standard InChI is InChI=1S/C22H24N4O/c1-17-5-11-20(12-6-17)26-22(27)24-13-3-2-4-18-7-9-19(10-8-18)14-21-15-23-16-25-21/h2-3,5-12,15-16H,4,13-14H2,1H3,(H,23,25)(H2,24,26,27)/b3-2+. The zero-order valence-electron chi connectivity index (χ0n) is 15.4. The van der Waals surface area contributed by atoms with Crippen molar-refractivity contribution in [2.45, 2.75) is 19.8 Å². The van der Waals surface area contributed by atoms with Crippen LogP contribution in [0.3, 0.4) is 0 Å². The van der Waals surface area contributed by atoms with Gasteiger partial charge in [-0.1, -0.05) is 54.1 Å². The monoisotopic (exact) mass is 360 g/mol. The highest BCUT2D eigenvalue weighted by Crippen LogP contribution is 2.10. The summed E-state index contributed by atoms with van der Waals surface area (Å²) in [5, 5.41) is 5.63. The van der Waals surface area contributed by atoms with Gasteiger partial charge in [0.25, 0.3) is 0 Å². The SMILES string of the molecule is Cc1ccc(NC(=O)NC/C=C/Cc2ccc(Cc3cnc[nH]3)cc2)cc1. The summed E-state index contributed by atoms with van der Waals surface area (Å²) in [5.41, 5.74) is 5.55. The second-order valence-corrected chi connectivity index (χ2v) is 6.45. The Bertz CT molecular complexity index is 866. The number of aromatic amines is 1. The van der Waals surface area contributed by atoms with Crippen LogP contribution in [0.1, 0.15) is 22.4 Å². The van der Waals surface area contributed by atoms with Gasteiger partial charge in [-0.25, -0.2) is 9.78 Å². The highest BCUT2D eigenvalue weighted by molar-refractivity contribution is 5.89. The van der Waals surface area contributed by atoms with Crippen LogP contribution in [0, 0.1) is 6.92 Å². The number of aromatic nitrogens is 2. The van der Waals surface area contributed by atoms with Crippen molar-refractivity contribution in [3.63, 3.8) is 0 Å². The molecule has 1 heterocycles. The van der Waals surface area contributed by atoms with Gasteiger partial charge in [-0.2, -0.15) is 0 Å². The number of imidazole rings is 1. The van der Waals surface area contributed by atoms with Crippen molar-refractivity contribution in [2.75, 3.05) is 11.9 Å². The van der Waals surface area contributed by atoms with Crippen molar-refractivity contribution in [2.24, 2.45) is 0 Å². The number of aryl methyl sites for hydroxylation is 1. The maximum absolute atomic E-state index is 11.8. The van der Waals surface area contributed by atoms with E-state index in [0.717, 1.165) is 24.2 Å². The molecule has 0 saturated heterocycles. The van der Waals surface area contributed by atoms with Crippen LogP contribution in [0.5, 0.6) is 0 Å². The highest BCUT2D eigenvalue weighted by Gasteiger charge is 2.00. The molecule has 138 valence electrons. The van der Waals surface area contributed by atoms with Gasteiger partial charge in [0.2, 0.25) is 0 Å². The highest BCUT2D eigenvalue weighted by atomic mass is 16.2. The summed E-state index contributed by atoms with van der Waals surface area (Å²) in [5.74, 6) is 0. The number of hydrogen-bond acceptors (Lipinski definition) is 2. The molecule has 1 aromatic heterocycles. The molecule has 0 atom stereocenters. The van der Waals surface area contributed by atoms with E-state index in [0.29, 0.717) is 6.54 Å². The molecule has 0 aliphatic carbocycles. The molecule has 0 bridgehead atoms. The second kappa shape index (κ2) is 9.38. The first-order valence-electron chi connectivity index (χ1n) is 9.00. The Kier molecular flexibility index (Phi) is 6.41. The molecule has 27 heavy (non-hydrogen) atoms. The molecule has 0 aliphatic heterocycles. The Morgan fingerprint density at radius 1 is 1.04 bits per heavy atom. The van der Waals surface area contributed by atoms with Crippen LogP contribution in [-0.4, -0.2) is 22.5 Å². The molecule has 0 spiro atoms. The molecule has 2 aromatic carbocycles. The van der Waals surface area contributed by atoms with Gasteiger partial charge in [0.15, 0.2) is 0 Å². The Labute approximate surface area is 159 Å². The van der Waals surface area contributed by atoms with E-state index in [2.05, 4.69) is 50.9 Å². The number of anilines is 1. The molecular weight excluding hydrogens is 336 g/mol. The number of amides is 2. The number of nitrogens with one attached hydrogen (secondary N) is 3. The zero-order chi connectivity index (χ0) is 18.9. The van der Waals surface area contributed by atoms with Crippen molar-refractivity contribution >= 4 is 11.7 Å². The molecular formula is C22H24N4O. The minimum atomic E-state index is -0.202. The van der Waals surface area contributed by atoms with Gasteiger partial charge < -0.3 is 15.6 Å². The van der Waals surface area contributed by atoms with Gasteiger partial charge in [-0.05, 0) is 36.6 Å². The smallest absolute Gasteiger partial charge is 0.319 e. The molecule has 3 aromatic rings. The third-order valence-corrected chi connectivity index (χ3v) is 4.18. The summed E-state index contributed by atoms with van der Waals surface area (Å²) in [6, 6.07) is 16.1. The van der Waals surface area contributed by atoms with Gasteiger partial charge >= 0.3 is 6.03 Å². The summed E-state index contributed by atoms with van der Waals surface area (Å²) < 4.78 is 0. The molecule has 0 unspecified atom stereocenters. The van der Waals surface area contributed by atoms with Crippen LogP contribution >= 0.6 is 0 Å². The minimum Gasteiger partial charge on any atom is -0.348 e. The summed E-state index contributed by atoms with van der Waals surface area (Å²) >= 11 is 0. The number of allylic oxidation sites excluding steroid dienone is 1. The van der Waals surface area contributed by atoms with Crippen LogP contribution in [0.4, 0.5) is 10.5 Å². The topological polar surface area (TPSA) is 69.8 Å². The third-order valence-electron chi connectivity index (χ3n) is 4.18. The first-order chi connectivity index (χ1) is 13.2. The minimum absolute atomic E-state index is 0.202. The number of H-pyrrole nitrogens is 1. The average Bonchev–Trinajstić information content (AvgIpc) is 3.18. The van der Waals surface area contributed by atoms with Crippen molar-refractivity contribution < 1.29 is 4.79 Å². The molecule has 3 N–H and O–H groups in total. The molecule has 0 saturated carbocycles. The lowest BCUT2D eigenvalue weighted by Crippen LogP contribution is -2.28. The normalized spacial score (nSPS) is 10.9. The van der Waals surface area contributed by atoms with E-state index in [-0.39, 0.29) is 6.03 Å². The number of benzene rings is 2. The maximum Gasteiger partial charge on any atom is 0.319 e. The zero-order valence-corrected chi connectivity index (χ0v) is 15.4. The van der Waals surface area contributed by atoms with E-state index in [9.17, 15) is 4.79 Å². The summed E-state index contributed by atoms with van der Waals surface area (Å²) in [7, 11) is 0. The van der Waals surface area contributed by atoms with Crippen molar-refractivity contribution in [3.8, 4) is 0 Å². The Hall–Kier alpha value is -3.34. The molecule has 0 aliphatic rings. The lowest BCUT2D eigenvalue weighted by molar-refractivity contribution is 0.253. The Balaban J connectivity index is 1.37. The Morgan fingerprint density at radius 3 is 2.48 bits per heavy atom. The van der Waals surface area contributed by atoms with Gasteiger partial charge in [-0.3, -0.25) is 0 Å². The summed E-state index contributed by atoms with van der Waals surface area (Å²) in [4.78, 5) is 19.0. The first kappa shape index (κ1) is 18.5. The number of rotatable bonds is 7. The van der Waals surface area contributed by atoms with Gasteiger partial charge in [0, 0.05) is 30.5 Å². The van der Waals surface area contributed by atoms with Gasteiger partial charge in [0.1, 0.15) is 0 Å². The van der Waals surface area contributed by atoms with Crippen molar-refractivity contribution in [1.29, 1.82) is 0 Å². The summed E-state index contributed by atoms with van der Waals surface area (Å²) in [6.07, 6.45) is 9.27. The lowest BCUT2D eigenvalue weighted by Gasteiger charge is -2.06. The van der Waals surface area contributed by atoms with Crippen LogP contribution in [0.15, 0.2) is 73.2 Å². The third kappa shape index (κ3) is 6.15. The van der Waals surface area contributed by atoms with E-state index in [4.69, 9.17) is 0 Å². The fraction of sp³-hybridized carbons (Fsp3) is 0.182. The van der Waals surface area contributed by atoms with Crippen LogP contribution < -0.4 is 10.6 Å². The van der Waals surface area contributed by atoms with E-state index < -0.39 is 0 Å². The average molecular weight is 360 g/mol. The molecule has 0 fully saturated rings. The van der Waals surface area contributed by atoms with Crippen LogP contribution in [0.2, 0.25) is 0 Å². The number of carbonyl (C=O) groups excluding carboxylic acids is 1. The van der Waals surface area contributed by atoms with Gasteiger partial charge in [-0.15, -0.1) is 0 Å². The van der Waals surface area contributed by atoms with E-state index in [1.807, 2.05) is 43.5 Å². The second-order valence-electron chi connectivity index (χ2n) is 6.45. The molecule has 5 nitrogen and oxygen atoms in total. The predicted molar refractivity (Wildman–Crippen MR) is 109 cm³/mol. The first-order valence-corrected chi connectivity index (χ1v) is 9.00. The number of carbonyl (C=O) groups is 1. The predicted octanol–water partition coefficient (Wildman–Crippen LogP) is 4.23. The molecule has 2 amide bonds. The fourth-order valence-corrected chi connectivity index (χ4v) is 2.66. The van der Waals surface area contributed by atoms with Crippen LogP contribution in [-0.2, 0) is 12.8 Å². The molecule has 0 radical (unpaired) electrons. The van der Waals surface area contributed by atoms with E-state index >= 15 is 0 Å². The Morgan fingerprint density at radius 2 is 1.78 bits per heavy atom. The maximum atomic E-state index is 11.8. The number of hydrogen-bond donors (Lipinski definition) is 3. The quantitative estimate of drug-likeness (QED) is 0.552. The largest absolute Gasteiger partial charge is 0.348 e. The van der Waals surface area contributed by atoms with Crippen molar-refractivity contribution in [3.05, 3.63) is 95.6 Å². The van der Waals surface area contributed by atoms with Crippen molar-refractivity contribution in [1.82, 2.24) is 15.3 Å². The number of urea groups is 1. The number of nitrogens with zero attached hydrogens (tertiary/aromatic N) is 1. The lowest BCUT2D eigenvalue weighted by atomic mass is 10.1. The fourth-order valence-electron chi connectivity index (χ4n) is 2.66.